The minimum absolute atomic E-state index is 0.0614. The molecule has 0 spiro atoms. The van der Waals surface area contributed by atoms with Crippen LogP contribution >= 0.6 is 0 Å². The van der Waals surface area contributed by atoms with Gasteiger partial charge in [0, 0.05) is 36.0 Å². The number of allylic oxidation sites excluding steroid dienone is 2. The molecule has 3 aromatic rings. The molecule has 168 valence electrons. The summed E-state index contributed by atoms with van der Waals surface area (Å²) in [5.74, 6) is 0.721. The van der Waals surface area contributed by atoms with E-state index in [2.05, 4.69) is 20.3 Å². The standard InChI is InChI=1S/C24H22N4O5/c1-32-17-6-5-12(10-18(17)33-2)14-8-15-20(16(29)9-14)19(13-4-3-7-25-11-13)21-22(26-15)27-24(31)28-23(21)30/h3-7,10-11,14,19H,8-9H2,1-2H3,(H3,26,27,28,30,31)/t14-,19+/m0/s1. The molecule has 0 saturated carbocycles. The van der Waals surface area contributed by atoms with E-state index in [0.717, 1.165) is 5.56 Å². The van der Waals surface area contributed by atoms with Crippen LogP contribution in [-0.4, -0.2) is 35.0 Å². The number of anilines is 1. The zero-order valence-electron chi connectivity index (χ0n) is 18.1. The summed E-state index contributed by atoms with van der Waals surface area (Å²) >= 11 is 0. The zero-order valence-corrected chi connectivity index (χ0v) is 18.1. The monoisotopic (exact) mass is 446 g/mol. The molecular weight excluding hydrogens is 424 g/mol. The minimum Gasteiger partial charge on any atom is -0.493 e. The molecule has 1 aromatic carbocycles. The van der Waals surface area contributed by atoms with Crippen molar-refractivity contribution in [3.63, 3.8) is 0 Å². The zero-order chi connectivity index (χ0) is 23.1. The average Bonchev–Trinajstić information content (AvgIpc) is 2.82. The van der Waals surface area contributed by atoms with E-state index in [9.17, 15) is 14.4 Å². The molecule has 0 unspecified atom stereocenters. The lowest BCUT2D eigenvalue weighted by Gasteiger charge is -2.35. The second-order valence-electron chi connectivity index (χ2n) is 8.08. The number of benzene rings is 1. The van der Waals surface area contributed by atoms with Crippen LogP contribution in [0, 0.1) is 0 Å². The second kappa shape index (κ2) is 8.09. The lowest BCUT2D eigenvalue weighted by Crippen LogP contribution is -2.37. The van der Waals surface area contributed by atoms with Crippen molar-refractivity contribution in [2.75, 3.05) is 19.5 Å². The number of rotatable bonds is 4. The summed E-state index contributed by atoms with van der Waals surface area (Å²) in [6.07, 6.45) is 4.08. The van der Waals surface area contributed by atoms with E-state index in [1.807, 2.05) is 24.3 Å². The number of ether oxygens (including phenoxy) is 2. The lowest BCUT2D eigenvalue weighted by molar-refractivity contribution is -0.116. The molecule has 1 aliphatic carbocycles. The van der Waals surface area contributed by atoms with E-state index >= 15 is 0 Å². The fraction of sp³-hybridized carbons (Fsp3) is 0.250. The molecule has 2 aliphatic rings. The number of carbonyl (C=O) groups is 1. The van der Waals surface area contributed by atoms with Crippen LogP contribution in [-0.2, 0) is 4.79 Å². The van der Waals surface area contributed by atoms with Crippen LogP contribution in [0.25, 0.3) is 0 Å². The van der Waals surface area contributed by atoms with Gasteiger partial charge in [0.05, 0.1) is 19.8 Å². The quantitative estimate of drug-likeness (QED) is 0.562. The maximum Gasteiger partial charge on any atom is 0.327 e. The first-order chi connectivity index (χ1) is 16.0. The smallest absolute Gasteiger partial charge is 0.327 e. The van der Waals surface area contributed by atoms with Gasteiger partial charge in [-0.05, 0) is 41.7 Å². The predicted molar refractivity (Wildman–Crippen MR) is 121 cm³/mol. The average molecular weight is 446 g/mol. The van der Waals surface area contributed by atoms with Crippen LogP contribution in [0.15, 0.2) is 63.6 Å². The number of nitrogens with zero attached hydrogens (tertiary/aromatic N) is 1. The summed E-state index contributed by atoms with van der Waals surface area (Å²) in [6.45, 7) is 0. The van der Waals surface area contributed by atoms with E-state index in [1.165, 1.54) is 0 Å². The van der Waals surface area contributed by atoms with Crippen LogP contribution in [0.2, 0.25) is 0 Å². The Morgan fingerprint density at radius 3 is 2.52 bits per heavy atom. The van der Waals surface area contributed by atoms with Gasteiger partial charge in [-0.3, -0.25) is 24.5 Å². The molecule has 33 heavy (non-hydrogen) atoms. The Balaban J connectivity index is 1.62. The first kappa shape index (κ1) is 20.7. The number of hydrogen-bond donors (Lipinski definition) is 3. The topological polar surface area (TPSA) is 126 Å². The number of ketones is 1. The van der Waals surface area contributed by atoms with Gasteiger partial charge < -0.3 is 14.8 Å². The number of pyridine rings is 1. The highest BCUT2D eigenvalue weighted by Crippen LogP contribution is 2.46. The van der Waals surface area contributed by atoms with E-state index in [1.54, 1.807) is 32.7 Å². The highest BCUT2D eigenvalue weighted by molar-refractivity contribution is 6.01. The van der Waals surface area contributed by atoms with Crippen molar-refractivity contribution in [2.24, 2.45) is 0 Å². The van der Waals surface area contributed by atoms with Gasteiger partial charge >= 0.3 is 5.69 Å². The van der Waals surface area contributed by atoms with Crippen LogP contribution in [0.5, 0.6) is 11.5 Å². The molecule has 2 aromatic heterocycles. The second-order valence-corrected chi connectivity index (χ2v) is 8.08. The third kappa shape index (κ3) is 3.51. The Kier molecular flexibility index (Phi) is 5.08. The number of fused-ring (bicyclic) bond motifs is 1. The summed E-state index contributed by atoms with van der Waals surface area (Å²) in [6, 6.07) is 9.21. The summed E-state index contributed by atoms with van der Waals surface area (Å²) in [7, 11) is 3.14. The Morgan fingerprint density at radius 2 is 1.79 bits per heavy atom. The van der Waals surface area contributed by atoms with Gasteiger partial charge in [0.2, 0.25) is 0 Å². The normalized spacial score (nSPS) is 19.4. The maximum atomic E-state index is 13.5. The van der Waals surface area contributed by atoms with Crippen molar-refractivity contribution in [3.05, 3.63) is 91.5 Å². The molecule has 1 aliphatic heterocycles. The number of H-pyrrole nitrogens is 2. The van der Waals surface area contributed by atoms with Crippen molar-refractivity contribution in [2.45, 2.75) is 24.7 Å². The highest BCUT2D eigenvalue weighted by Gasteiger charge is 2.40. The Bertz CT molecular complexity index is 1390. The van der Waals surface area contributed by atoms with Gasteiger partial charge in [0.15, 0.2) is 17.3 Å². The van der Waals surface area contributed by atoms with Crippen LogP contribution in [0.4, 0.5) is 5.82 Å². The Hall–Kier alpha value is -4.14. The van der Waals surface area contributed by atoms with Crippen molar-refractivity contribution < 1.29 is 14.3 Å². The Morgan fingerprint density at radius 1 is 0.970 bits per heavy atom. The van der Waals surface area contributed by atoms with Crippen LogP contribution < -0.4 is 26.0 Å². The molecule has 3 heterocycles. The first-order valence-electron chi connectivity index (χ1n) is 10.5. The fourth-order valence-corrected chi connectivity index (χ4v) is 4.77. The van der Waals surface area contributed by atoms with Gasteiger partial charge in [0.1, 0.15) is 5.82 Å². The van der Waals surface area contributed by atoms with Gasteiger partial charge in [-0.2, -0.15) is 0 Å². The molecule has 5 rings (SSSR count). The summed E-state index contributed by atoms with van der Waals surface area (Å²) in [5, 5.41) is 3.17. The lowest BCUT2D eigenvalue weighted by atomic mass is 9.73. The summed E-state index contributed by atoms with van der Waals surface area (Å²) < 4.78 is 10.8. The Labute approximate surface area is 188 Å². The fourth-order valence-electron chi connectivity index (χ4n) is 4.77. The predicted octanol–water partition coefficient (Wildman–Crippen LogP) is 2.43. The van der Waals surface area contributed by atoms with Crippen molar-refractivity contribution in [1.82, 2.24) is 15.0 Å². The third-order valence-corrected chi connectivity index (χ3v) is 6.24. The van der Waals surface area contributed by atoms with Gasteiger partial charge in [0.25, 0.3) is 5.56 Å². The molecule has 9 heteroatoms. The van der Waals surface area contributed by atoms with Crippen molar-refractivity contribution >= 4 is 11.6 Å². The molecule has 0 bridgehead atoms. The molecule has 0 saturated heterocycles. The van der Waals surface area contributed by atoms with E-state index in [-0.39, 0.29) is 18.1 Å². The van der Waals surface area contributed by atoms with Crippen LogP contribution in [0.1, 0.15) is 41.4 Å². The van der Waals surface area contributed by atoms with Gasteiger partial charge in [-0.1, -0.05) is 12.1 Å². The molecular formula is C24H22N4O5. The van der Waals surface area contributed by atoms with Gasteiger partial charge in [-0.25, -0.2) is 4.79 Å². The molecule has 0 amide bonds. The number of carbonyl (C=O) groups excluding carboxylic acids is 1. The number of hydrogen-bond acceptors (Lipinski definition) is 7. The molecule has 9 nitrogen and oxygen atoms in total. The highest BCUT2D eigenvalue weighted by atomic mass is 16.5. The van der Waals surface area contributed by atoms with Crippen molar-refractivity contribution in [1.29, 1.82) is 0 Å². The van der Waals surface area contributed by atoms with E-state index in [4.69, 9.17) is 9.47 Å². The number of nitrogens with one attached hydrogen (secondary N) is 3. The summed E-state index contributed by atoms with van der Waals surface area (Å²) in [4.78, 5) is 47.4. The van der Waals surface area contributed by atoms with Crippen molar-refractivity contribution in [3.8, 4) is 11.5 Å². The maximum absolute atomic E-state index is 13.5. The number of methoxy groups -OCH3 is 2. The molecule has 3 N–H and O–H groups in total. The first-order valence-corrected chi connectivity index (χ1v) is 10.5. The SMILES string of the molecule is COc1ccc([C@@H]2CC(=O)C3=C(C2)Nc2[nH]c(=O)[nH]c(=O)c2[C@@H]3c2cccnc2)cc1OC. The van der Waals surface area contributed by atoms with Gasteiger partial charge in [-0.15, -0.1) is 0 Å². The molecule has 0 fully saturated rings. The van der Waals surface area contributed by atoms with E-state index in [0.29, 0.717) is 46.1 Å². The number of aromatic nitrogens is 3. The molecule has 0 radical (unpaired) electrons. The minimum atomic E-state index is -0.621. The molecule has 2 atom stereocenters. The number of aromatic amines is 2. The van der Waals surface area contributed by atoms with Crippen LogP contribution in [0.3, 0.4) is 0 Å². The number of Topliss-reactive ketones (excluding diaryl/α,β-unsaturated/α-hetero) is 1. The third-order valence-electron chi connectivity index (χ3n) is 6.24. The summed E-state index contributed by atoms with van der Waals surface area (Å²) in [5.41, 5.74) is 2.04. The largest absolute Gasteiger partial charge is 0.493 e. The van der Waals surface area contributed by atoms with E-state index < -0.39 is 17.2 Å².